The third-order valence-corrected chi connectivity index (χ3v) is 0. The van der Waals surface area contributed by atoms with Crippen LogP contribution in [0.1, 0.15) is 0 Å². The van der Waals surface area contributed by atoms with Gasteiger partial charge in [-0.15, -0.1) is 0 Å². The van der Waals surface area contributed by atoms with Crippen molar-refractivity contribution in [2.24, 2.45) is 0 Å². The Labute approximate surface area is 92.1 Å². The molecule has 24 valence electrons. The molecular weight excluding hydrogens is 286 g/mol. The first-order valence-electron chi connectivity index (χ1n) is 0. The summed E-state index contributed by atoms with van der Waals surface area (Å²) in [5, 5.41) is 0. The van der Waals surface area contributed by atoms with E-state index in [0.717, 1.165) is 0 Å². The number of hydrogen-bond donors (Lipinski definition) is 0. The van der Waals surface area contributed by atoms with E-state index in [1.54, 1.807) is 0 Å². The van der Waals surface area contributed by atoms with E-state index >= 15 is 0 Å². The predicted octanol–water partition coefficient (Wildman–Crippen LogP) is -4.74. The van der Waals surface area contributed by atoms with Crippen molar-refractivity contribution in [2.45, 2.75) is 0 Å². The van der Waals surface area contributed by atoms with Crippen LogP contribution in [-0.4, -0.2) is 93.9 Å². The zero-order valence-electron chi connectivity index (χ0n) is 0. The van der Waals surface area contributed by atoms with E-state index < -0.39 is 0 Å². The van der Waals surface area contributed by atoms with Gasteiger partial charge in [0.25, 0.3) is 0 Å². The molecule has 0 spiro atoms. The summed E-state index contributed by atoms with van der Waals surface area (Å²) in [5.74, 6) is 0. The van der Waals surface area contributed by atoms with Crippen LogP contribution in [-0.2, 0) is 0 Å². The quantitative estimate of drug-likeness (QED) is 0.394. The van der Waals surface area contributed by atoms with E-state index in [1.807, 2.05) is 0 Å². The van der Waals surface area contributed by atoms with Crippen LogP contribution >= 0.6 is 0 Å². The normalized spacial score (nSPS) is 0. The van der Waals surface area contributed by atoms with Crippen LogP contribution in [0.15, 0.2) is 0 Å². The number of hydrogen-bond acceptors (Lipinski definition) is 0. The number of rotatable bonds is 0. The molecule has 0 aliphatic carbocycles. The Balaban J connectivity index is 0. The molecule has 0 saturated carbocycles. The molecule has 0 fully saturated rings. The van der Waals surface area contributed by atoms with Crippen LogP contribution in [0.4, 0.5) is 0 Å². The Morgan fingerprint density at radius 3 is 0.500 bits per heavy atom. The Bertz CT molecular complexity index is 4.00. The molecule has 0 saturated heterocycles. The Hall–Kier alpha value is 3.13. The van der Waals surface area contributed by atoms with Crippen LogP contribution in [0.2, 0.25) is 0 Å². The van der Waals surface area contributed by atoms with Crippen molar-refractivity contribution in [1.82, 2.24) is 0 Å². The monoisotopic (exact) mass is 300 g/mol. The average Bonchev–Trinajstić information content (AvgIpc) is 0. The van der Waals surface area contributed by atoms with E-state index in [4.69, 9.17) is 0 Å². The van der Waals surface area contributed by atoms with E-state index in [9.17, 15) is 0 Å². The molecule has 0 aliphatic rings. The van der Waals surface area contributed by atoms with Crippen molar-refractivity contribution < 1.29 is 0 Å². The Kier molecular flexibility index (Phi) is 113. The van der Waals surface area contributed by atoms with Gasteiger partial charge in [-0.25, -0.2) is 0 Å². The van der Waals surface area contributed by atoms with Crippen LogP contribution in [0.5, 0.6) is 0 Å². The summed E-state index contributed by atoms with van der Waals surface area (Å²) in [5.41, 5.74) is 0. The molecule has 0 atom stereocenters. The maximum absolute atomic E-state index is 0. The van der Waals surface area contributed by atoms with Gasteiger partial charge in [-0.3, -0.25) is 0 Å². The molecular formula is H12Mg2Sn2. The van der Waals surface area contributed by atoms with Gasteiger partial charge in [0.1, 0.15) is 0 Å². The third-order valence-electron chi connectivity index (χ3n) is 0. The fourth-order valence-electron chi connectivity index (χ4n) is 0. The second-order valence-corrected chi connectivity index (χ2v) is 0. The van der Waals surface area contributed by atoms with Crippen molar-refractivity contribution in [1.29, 1.82) is 0 Å². The predicted molar refractivity (Wildman–Crippen MR) is 39.8 cm³/mol. The maximum atomic E-state index is 0. The summed E-state index contributed by atoms with van der Waals surface area (Å²) >= 11 is 0. The summed E-state index contributed by atoms with van der Waals surface area (Å²) in [6, 6.07) is 0. The molecule has 4 heavy (non-hydrogen) atoms. The molecule has 0 aliphatic heterocycles. The Morgan fingerprint density at radius 2 is 0.500 bits per heavy atom. The van der Waals surface area contributed by atoms with Crippen molar-refractivity contribution in [3.63, 3.8) is 0 Å². The van der Waals surface area contributed by atoms with Gasteiger partial charge in [-0.2, -0.15) is 0 Å². The topological polar surface area (TPSA) is 0 Å². The molecule has 0 aromatic heterocycles. The summed E-state index contributed by atoms with van der Waals surface area (Å²) in [7, 11) is 0. The van der Waals surface area contributed by atoms with Crippen molar-refractivity contribution >= 4 is 93.9 Å². The van der Waals surface area contributed by atoms with Crippen LogP contribution in [0, 0.1) is 0 Å². The molecule has 0 rings (SSSR count). The molecule has 0 unspecified atom stereocenters. The fourth-order valence-corrected chi connectivity index (χ4v) is 0. The summed E-state index contributed by atoms with van der Waals surface area (Å²) < 4.78 is 0. The van der Waals surface area contributed by atoms with Crippen LogP contribution < -0.4 is 0 Å². The summed E-state index contributed by atoms with van der Waals surface area (Å²) in [4.78, 5) is 0. The van der Waals surface area contributed by atoms with Crippen LogP contribution in [0.3, 0.4) is 0 Å². The van der Waals surface area contributed by atoms with Crippen molar-refractivity contribution in [3.8, 4) is 0 Å². The second-order valence-electron chi connectivity index (χ2n) is 0. The van der Waals surface area contributed by atoms with Crippen molar-refractivity contribution in [3.05, 3.63) is 0 Å². The van der Waals surface area contributed by atoms with Gasteiger partial charge >= 0.3 is 93.9 Å². The van der Waals surface area contributed by atoms with Crippen molar-refractivity contribution in [2.75, 3.05) is 0 Å². The van der Waals surface area contributed by atoms with Gasteiger partial charge in [0.2, 0.25) is 0 Å². The molecule has 0 nitrogen and oxygen atoms in total. The second kappa shape index (κ2) is 16.5. The van der Waals surface area contributed by atoms with E-state index in [1.165, 1.54) is 0 Å². The molecule has 0 N–H and O–H groups in total. The molecule has 0 radical (unpaired) electrons. The molecule has 4 heteroatoms. The van der Waals surface area contributed by atoms with Gasteiger partial charge in [-0.1, -0.05) is 0 Å². The fraction of sp³-hybridized carbons (Fsp3) is 0. The van der Waals surface area contributed by atoms with Gasteiger partial charge in [0.05, 0.1) is 0 Å². The Morgan fingerprint density at radius 1 is 0.500 bits per heavy atom. The zero-order chi connectivity index (χ0) is 0. The first kappa shape index (κ1) is 27.3. The summed E-state index contributed by atoms with van der Waals surface area (Å²) in [6.45, 7) is 0. The van der Waals surface area contributed by atoms with E-state index in [2.05, 4.69) is 0 Å². The standard InChI is InChI=1S/2Mg.2Sn.12H. The molecule has 0 heterocycles. The van der Waals surface area contributed by atoms with Gasteiger partial charge in [0, 0.05) is 0 Å². The zero-order valence-corrected chi connectivity index (χ0v) is 0. The minimum absolute atomic E-state index is 0. The first-order valence-corrected chi connectivity index (χ1v) is 0. The average molecular weight is 298 g/mol. The minimum atomic E-state index is 0. The molecule has 0 aromatic carbocycles. The third kappa shape index (κ3) is 8.93. The van der Waals surface area contributed by atoms with E-state index in [0.29, 0.717) is 0 Å². The van der Waals surface area contributed by atoms with Gasteiger partial charge in [-0.05, 0) is 0 Å². The van der Waals surface area contributed by atoms with Gasteiger partial charge < -0.3 is 0 Å². The van der Waals surface area contributed by atoms with E-state index in [-0.39, 0.29) is 93.9 Å². The first-order chi connectivity index (χ1) is 0. The molecule has 0 aromatic rings. The molecule has 0 amide bonds. The SMILES string of the molecule is [MgH2].[MgH2].[SnH4].[SnH4]. The van der Waals surface area contributed by atoms with Crippen LogP contribution in [0.25, 0.3) is 0 Å². The summed E-state index contributed by atoms with van der Waals surface area (Å²) in [6.07, 6.45) is 0. The molecule has 0 bridgehead atoms. The van der Waals surface area contributed by atoms with Gasteiger partial charge in [0.15, 0.2) is 0 Å².